The molecule has 1 aliphatic heterocycles. The standard InChI is InChI=1S/C13H16ClN3O/c14-12-7-10(1-2-11(12)13(15)18)17-8-9-3-5-16-6-4-9/h1-3,7,16-17H,4-6,8H2,(H2,15,18). The number of rotatable bonds is 4. The van der Waals surface area contributed by atoms with Gasteiger partial charge in [-0.05, 0) is 31.2 Å². The van der Waals surface area contributed by atoms with E-state index in [1.807, 2.05) is 6.07 Å². The number of anilines is 1. The minimum atomic E-state index is -0.507. The summed E-state index contributed by atoms with van der Waals surface area (Å²) in [6, 6.07) is 5.18. The second kappa shape index (κ2) is 5.89. The molecule has 0 bridgehead atoms. The second-order valence-corrected chi connectivity index (χ2v) is 4.64. The van der Waals surface area contributed by atoms with Gasteiger partial charge in [-0.2, -0.15) is 0 Å². The maximum Gasteiger partial charge on any atom is 0.250 e. The first-order chi connectivity index (χ1) is 8.66. The van der Waals surface area contributed by atoms with E-state index in [2.05, 4.69) is 16.7 Å². The fraction of sp³-hybridized carbons (Fsp3) is 0.308. The minimum absolute atomic E-state index is 0.350. The molecule has 0 saturated carbocycles. The molecule has 1 heterocycles. The Labute approximate surface area is 111 Å². The van der Waals surface area contributed by atoms with E-state index in [0.29, 0.717) is 10.6 Å². The first-order valence-electron chi connectivity index (χ1n) is 5.88. The lowest BCUT2D eigenvalue weighted by molar-refractivity contribution is 0.100. The predicted octanol–water partition coefficient (Wildman–Crippen LogP) is 1.77. The first-order valence-corrected chi connectivity index (χ1v) is 6.26. The summed E-state index contributed by atoms with van der Waals surface area (Å²) < 4.78 is 0. The van der Waals surface area contributed by atoms with Crippen LogP contribution in [-0.4, -0.2) is 25.5 Å². The third-order valence-corrected chi connectivity index (χ3v) is 3.22. The fourth-order valence-electron chi connectivity index (χ4n) is 1.87. The SMILES string of the molecule is NC(=O)c1ccc(NCC2=CCNCC2)cc1Cl. The van der Waals surface area contributed by atoms with E-state index in [9.17, 15) is 4.79 Å². The van der Waals surface area contributed by atoms with Crippen LogP contribution in [0.15, 0.2) is 29.8 Å². The van der Waals surface area contributed by atoms with Crippen molar-refractivity contribution in [2.24, 2.45) is 5.73 Å². The second-order valence-electron chi connectivity index (χ2n) is 4.23. The summed E-state index contributed by atoms with van der Waals surface area (Å²) in [5, 5.41) is 6.94. The molecule has 4 N–H and O–H groups in total. The summed E-state index contributed by atoms with van der Waals surface area (Å²) in [7, 11) is 0. The summed E-state index contributed by atoms with van der Waals surface area (Å²) in [5.41, 5.74) is 7.82. The Balaban J connectivity index is 1.99. The fourth-order valence-corrected chi connectivity index (χ4v) is 2.14. The van der Waals surface area contributed by atoms with E-state index in [-0.39, 0.29) is 0 Å². The molecule has 0 unspecified atom stereocenters. The summed E-state index contributed by atoms with van der Waals surface area (Å²) in [5.74, 6) is -0.507. The van der Waals surface area contributed by atoms with Gasteiger partial charge in [0.15, 0.2) is 0 Å². The zero-order chi connectivity index (χ0) is 13.0. The van der Waals surface area contributed by atoms with Crippen molar-refractivity contribution in [3.8, 4) is 0 Å². The molecule has 0 aliphatic carbocycles. The normalized spacial score (nSPS) is 15.1. The van der Waals surface area contributed by atoms with Gasteiger partial charge < -0.3 is 16.4 Å². The van der Waals surface area contributed by atoms with E-state index >= 15 is 0 Å². The van der Waals surface area contributed by atoms with E-state index in [4.69, 9.17) is 17.3 Å². The number of halogens is 1. The summed E-state index contributed by atoms with van der Waals surface area (Å²) in [4.78, 5) is 11.0. The quantitative estimate of drug-likeness (QED) is 0.727. The van der Waals surface area contributed by atoms with Gasteiger partial charge in [-0.15, -0.1) is 0 Å². The van der Waals surface area contributed by atoms with E-state index in [1.165, 1.54) is 5.57 Å². The molecule has 1 aliphatic rings. The Morgan fingerprint density at radius 1 is 1.50 bits per heavy atom. The van der Waals surface area contributed by atoms with Crippen molar-refractivity contribution in [3.63, 3.8) is 0 Å². The molecule has 1 aromatic carbocycles. The maximum absolute atomic E-state index is 11.0. The van der Waals surface area contributed by atoms with Crippen LogP contribution in [0.2, 0.25) is 5.02 Å². The molecule has 0 spiro atoms. The van der Waals surface area contributed by atoms with Gasteiger partial charge in [0.25, 0.3) is 0 Å². The van der Waals surface area contributed by atoms with Gasteiger partial charge in [0.1, 0.15) is 0 Å². The van der Waals surface area contributed by atoms with Gasteiger partial charge in [-0.25, -0.2) is 0 Å². The molecule has 0 atom stereocenters. The highest BCUT2D eigenvalue weighted by Crippen LogP contribution is 2.21. The minimum Gasteiger partial charge on any atom is -0.381 e. The molecule has 4 nitrogen and oxygen atoms in total. The maximum atomic E-state index is 11.0. The lowest BCUT2D eigenvalue weighted by Gasteiger charge is -2.15. The topological polar surface area (TPSA) is 67.2 Å². The monoisotopic (exact) mass is 265 g/mol. The summed E-state index contributed by atoms with van der Waals surface area (Å²) >= 11 is 5.98. The highest BCUT2D eigenvalue weighted by atomic mass is 35.5. The van der Waals surface area contributed by atoms with Crippen LogP contribution < -0.4 is 16.4 Å². The highest BCUT2D eigenvalue weighted by molar-refractivity contribution is 6.34. The zero-order valence-electron chi connectivity index (χ0n) is 10.0. The molecule has 18 heavy (non-hydrogen) atoms. The molecule has 0 fully saturated rings. The summed E-state index contributed by atoms with van der Waals surface area (Å²) in [6.07, 6.45) is 3.25. The molecule has 1 aromatic rings. The van der Waals surface area contributed by atoms with Crippen LogP contribution in [0.25, 0.3) is 0 Å². The number of benzene rings is 1. The predicted molar refractivity (Wildman–Crippen MR) is 74.0 cm³/mol. The molecule has 1 amide bonds. The zero-order valence-corrected chi connectivity index (χ0v) is 10.8. The van der Waals surface area contributed by atoms with Gasteiger partial charge in [0.2, 0.25) is 5.91 Å². The Morgan fingerprint density at radius 2 is 2.33 bits per heavy atom. The first kappa shape index (κ1) is 12.9. The third kappa shape index (κ3) is 3.24. The molecule has 96 valence electrons. The molecule has 0 radical (unpaired) electrons. The molecular weight excluding hydrogens is 250 g/mol. The smallest absolute Gasteiger partial charge is 0.250 e. The van der Waals surface area contributed by atoms with Crippen LogP contribution in [0, 0.1) is 0 Å². The highest BCUT2D eigenvalue weighted by Gasteiger charge is 2.07. The van der Waals surface area contributed by atoms with Crippen molar-refractivity contribution in [3.05, 3.63) is 40.4 Å². The van der Waals surface area contributed by atoms with Crippen LogP contribution in [0.4, 0.5) is 5.69 Å². The van der Waals surface area contributed by atoms with Crippen LogP contribution >= 0.6 is 11.6 Å². The van der Waals surface area contributed by atoms with Crippen molar-refractivity contribution >= 4 is 23.2 Å². The summed E-state index contributed by atoms with van der Waals surface area (Å²) in [6.45, 7) is 2.75. The third-order valence-electron chi connectivity index (χ3n) is 2.91. The van der Waals surface area contributed by atoms with Gasteiger partial charge >= 0.3 is 0 Å². The number of nitrogens with one attached hydrogen (secondary N) is 2. The Hall–Kier alpha value is -1.52. The number of carbonyl (C=O) groups excluding carboxylic acids is 1. The van der Waals surface area contributed by atoms with Crippen molar-refractivity contribution in [2.75, 3.05) is 25.0 Å². The molecular formula is C13H16ClN3O. The van der Waals surface area contributed by atoms with Crippen LogP contribution in [0.3, 0.4) is 0 Å². The van der Waals surface area contributed by atoms with Crippen molar-refractivity contribution in [2.45, 2.75) is 6.42 Å². The Morgan fingerprint density at radius 3 is 2.94 bits per heavy atom. The molecule has 0 saturated heterocycles. The molecule has 5 heteroatoms. The largest absolute Gasteiger partial charge is 0.381 e. The van der Waals surface area contributed by atoms with Crippen LogP contribution in [-0.2, 0) is 0 Å². The number of hydrogen-bond acceptors (Lipinski definition) is 3. The average Bonchev–Trinajstić information content (AvgIpc) is 2.37. The van der Waals surface area contributed by atoms with Gasteiger partial charge in [-0.3, -0.25) is 4.79 Å². The number of primary amides is 1. The molecule has 2 rings (SSSR count). The Kier molecular flexibility index (Phi) is 4.23. The number of nitrogens with two attached hydrogens (primary N) is 1. The van der Waals surface area contributed by atoms with Crippen molar-refractivity contribution < 1.29 is 4.79 Å². The van der Waals surface area contributed by atoms with E-state index < -0.39 is 5.91 Å². The Bertz CT molecular complexity index is 485. The average molecular weight is 266 g/mol. The number of hydrogen-bond donors (Lipinski definition) is 3. The van der Waals surface area contributed by atoms with Crippen molar-refractivity contribution in [1.29, 1.82) is 0 Å². The lowest BCUT2D eigenvalue weighted by atomic mass is 10.1. The van der Waals surface area contributed by atoms with Gasteiger partial charge in [0.05, 0.1) is 10.6 Å². The van der Waals surface area contributed by atoms with Gasteiger partial charge in [-0.1, -0.05) is 23.3 Å². The number of carbonyl (C=O) groups is 1. The van der Waals surface area contributed by atoms with Gasteiger partial charge in [0, 0.05) is 18.8 Å². The van der Waals surface area contributed by atoms with Crippen LogP contribution in [0.1, 0.15) is 16.8 Å². The van der Waals surface area contributed by atoms with Crippen LogP contribution in [0.5, 0.6) is 0 Å². The van der Waals surface area contributed by atoms with Crippen molar-refractivity contribution in [1.82, 2.24) is 5.32 Å². The number of amides is 1. The van der Waals surface area contributed by atoms with E-state index in [0.717, 1.165) is 31.7 Å². The molecule has 0 aromatic heterocycles. The van der Waals surface area contributed by atoms with E-state index in [1.54, 1.807) is 12.1 Å². The lowest BCUT2D eigenvalue weighted by Crippen LogP contribution is -2.23.